The molecule has 1 aromatic carbocycles. The van der Waals surface area contributed by atoms with E-state index in [0.717, 1.165) is 5.56 Å². The van der Waals surface area contributed by atoms with E-state index in [9.17, 15) is 4.79 Å². The summed E-state index contributed by atoms with van der Waals surface area (Å²) in [5.74, 6) is 0.440. The van der Waals surface area contributed by atoms with Crippen LogP contribution in [0.25, 0.3) is 0 Å². The highest BCUT2D eigenvalue weighted by atomic mass is 35.5. The lowest BCUT2D eigenvalue weighted by atomic mass is 10.2. The van der Waals surface area contributed by atoms with Crippen molar-refractivity contribution in [1.82, 2.24) is 5.32 Å². The van der Waals surface area contributed by atoms with Gasteiger partial charge in [0.05, 0.1) is 0 Å². The van der Waals surface area contributed by atoms with Crippen molar-refractivity contribution >= 4 is 17.5 Å². The average molecular weight is 272 g/mol. The summed E-state index contributed by atoms with van der Waals surface area (Å²) in [5, 5.41) is 12.1. The first-order valence-corrected chi connectivity index (χ1v) is 6.20. The maximum absolute atomic E-state index is 11.5. The number of hydrogen-bond acceptors (Lipinski definition) is 3. The number of aliphatic hydroxyl groups is 1. The summed E-state index contributed by atoms with van der Waals surface area (Å²) in [5.41, 5.74) is 0.888. The van der Waals surface area contributed by atoms with Crippen molar-refractivity contribution in [2.75, 3.05) is 13.2 Å². The third-order valence-electron chi connectivity index (χ3n) is 2.47. The summed E-state index contributed by atoms with van der Waals surface area (Å²) >= 11 is 5.82. The molecule has 1 rings (SSSR count). The first-order chi connectivity index (χ1) is 8.52. The molecule has 0 saturated carbocycles. The monoisotopic (exact) mass is 271 g/mol. The minimum absolute atomic E-state index is 0.0434. The average Bonchev–Trinajstić information content (AvgIpc) is 2.28. The van der Waals surface area contributed by atoms with Crippen LogP contribution in [0, 0.1) is 6.92 Å². The van der Waals surface area contributed by atoms with Crippen molar-refractivity contribution < 1.29 is 14.6 Å². The molecule has 0 heterocycles. The Labute approximate surface area is 112 Å². The maximum Gasteiger partial charge on any atom is 0.258 e. The van der Waals surface area contributed by atoms with Gasteiger partial charge in [0.15, 0.2) is 6.61 Å². The number of carbonyl (C=O) groups excluding carboxylic acids is 1. The number of carbonyl (C=O) groups is 1. The Bertz CT molecular complexity index is 409. The van der Waals surface area contributed by atoms with Crippen molar-refractivity contribution in [2.24, 2.45) is 0 Å². The lowest BCUT2D eigenvalue weighted by Crippen LogP contribution is -2.36. The molecule has 2 N–H and O–H groups in total. The van der Waals surface area contributed by atoms with E-state index < -0.39 is 0 Å². The SMILES string of the molecule is Cc1cc(Cl)ccc1OCC(=O)NC(C)CCO. The van der Waals surface area contributed by atoms with Crippen molar-refractivity contribution in [2.45, 2.75) is 26.3 Å². The first kappa shape index (κ1) is 14.8. The molecule has 1 atom stereocenters. The molecule has 1 unspecified atom stereocenters. The molecule has 1 amide bonds. The fourth-order valence-corrected chi connectivity index (χ4v) is 1.73. The molecule has 0 aliphatic carbocycles. The zero-order valence-corrected chi connectivity index (χ0v) is 11.3. The number of rotatable bonds is 6. The number of hydrogen-bond donors (Lipinski definition) is 2. The zero-order chi connectivity index (χ0) is 13.5. The van der Waals surface area contributed by atoms with Crippen LogP contribution in [0.4, 0.5) is 0 Å². The normalized spacial score (nSPS) is 12.0. The molecule has 100 valence electrons. The Balaban J connectivity index is 2.42. The first-order valence-electron chi connectivity index (χ1n) is 5.82. The van der Waals surface area contributed by atoms with Crippen LogP contribution < -0.4 is 10.1 Å². The van der Waals surface area contributed by atoms with E-state index in [1.165, 1.54) is 0 Å². The molecule has 0 bridgehead atoms. The molecule has 0 spiro atoms. The van der Waals surface area contributed by atoms with Gasteiger partial charge in [-0.15, -0.1) is 0 Å². The van der Waals surface area contributed by atoms with Gasteiger partial charge in [-0.2, -0.15) is 0 Å². The zero-order valence-electron chi connectivity index (χ0n) is 10.6. The maximum atomic E-state index is 11.5. The highest BCUT2D eigenvalue weighted by Gasteiger charge is 2.08. The fraction of sp³-hybridized carbons (Fsp3) is 0.462. The summed E-state index contributed by atoms with van der Waals surface area (Å²) in [6.07, 6.45) is 0.533. The predicted molar refractivity (Wildman–Crippen MR) is 71.0 cm³/mol. The smallest absolute Gasteiger partial charge is 0.258 e. The van der Waals surface area contributed by atoms with Crippen LogP contribution in [-0.2, 0) is 4.79 Å². The third kappa shape index (κ3) is 4.94. The second-order valence-electron chi connectivity index (χ2n) is 4.18. The lowest BCUT2D eigenvalue weighted by Gasteiger charge is -2.13. The van der Waals surface area contributed by atoms with Crippen molar-refractivity contribution in [1.29, 1.82) is 0 Å². The molecule has 5 heteroatoms. The number of nitrogens with one attached hydrogen (secondary N) is 1. The van der Waals surface area contributed by atoms with Gasteiger partial charge in [-0.3, -0.25) is 4.79 Å². The third-order valence-corrected chi connectivity index (χ3v) is 2.70. The van der Waals surface area contributed by atoms with E-state index in [0.29, 0.717) is 17.2 Å². The van der Waals surface area contributed by atoms with E-state index in [4.69, 9.17) is 21.4 Å². The molecular weight excluding hydrogens is 254 g/mol. The van der Waals surface area contributed by atoms with Gasteiger partial charge in [0.1, 0.15) is 5.75 Å². The van der Waals surface area contributed by atoms with E-state index in [2.05, 4.69) is 5.32 Å². The van der Waals surface area contributed by atoms with Crippen LogP contribution in [0.15, 0.2) is 18.2 Å². The molecule has 4 nitrogen and oxygen atoms in total. The van der Waals surface area contributed by atoms with Crippen molar-refractivity contribution in [3.63, 3.8) is 0 Å². The van der Waals surface area contributed by atoms with E-state index in [1.807, 2.05) is 13.8 Å². The summed E-state index contributed by atoms with van der Waals surface area (Å²) in [6.45, 7) is 3.71. The van der Waals surface area contributed by atoms with Gasteiger partial charge in [0, 0.05) is 17.7 Å². The molecule has 0 aliphatic heterocycles. The number of aryl methyl sites for hydroxylation is 1. The molecule has 18 heavy (non-hydrogen) atoms. The predicted octanol–water partition coefficient (Wildman–Crippen LogP) is 1.91. The molecule has 0 aliphatic rings. The second kappa shape index (κ2) is 7.24. The molecule has 0 fully saturated rings. The number of ether oxygens (including phenoxy) is 1. The standard InChI is InChI=1S/C13H18ClNO3/c1-9-7-11(14)3-4-12(9)18-8-13(17)15-10(2)5-6-16/h3-4,7,10,16H,5-6,8H2,1-2H3,(H,15,17). The van der Waals surface area contributed by atoms with Gasteiger partial charge in [0.25, 0.3) is 5.91 Å². The molecule has 1 aromatic rings. The van der Waals surface area contributed by atoms with Crippen molar-refractivity contribution in [3.05, 3.63) is 28.8 Å². The highest BCUT2D eigenvalue weighted by Crippen LogP contribution is 2.21. The Morgan fingerprint density at radius 3 is 2.89 bits per heavy atom. The molecule has 0 radical (unpaired) electrons. The Kier molecular flexibility index (Phi) is 5.95. The van der Waals surface area contributed by atoms with Crippen LogP contribution >= 0.6 is 11.6 Å². The van der Waals surface area contributed by atoms with Crippen molar-refractivity contribution in [3.8, 4) is 5.75 Å². The highest BCUT2D eigenvalue weighted by molar-refractivity contribution is 6.30. The van der Waals surface area contributed by atoms with Gasteiger partial charge in [-0.05, 0) is 44.0 Å². The summed E-state index contributed by atoms with van der Waals surface area (Å²) < 4.78 is 5.40. The summed E-state index contributed by atoms with van der Waals surface area (Å²) in [7, 11) is 0. The quantitative estimate of drug-likeness (QED) is 0.831. The lowest BCUT2D eigenvalue weighted by molar-refractivity contribution is -0.123. The summed E-state index contributed by atoms with van der Waals surface area (Å²) in [4.78, 5) is 11.5. The molecule has 0 aromatic heterocycles. The van der Waals surface area contributed by atoms with Gasteiger partial charge >= 0.3 is 0 Å². The number of halogens is 1. The van der Waals surface area contributed by atoms with E-state index >= 15 is 0 Å². The number of benzene rings is 1. The topological polar surface area (TPSA) is 58.6 Å². The van der Waals surface area contributed by atoms with Crippen LogP contribution in [0.2, 0.25) is 5.02 Å². The van der Waals surface area contributed by atoms with Gasteiger partial charge in [-0.25, -0.2) is 0 Å². The van der Waals surface area contributed by atoms with Crippen LogP contribution in [0.5, 0.6) is 5.75 Å². The molecular formula is C13H18ClNO3. The van der Waals surface area contributed by atoms with Gasteiger partial charge < -0.3 is 15.2 Å². The number of amides is 1. The minimum Gasteiger partial charge on any atom is -0.484 e. The van der Waals surface area contributed by atoms with Crippen LogP contribution in [0.3, 0.4) is 0 Å². The molecule has 0 saturated heterocycles. The number of aliphatic hydroxyl groups excluding tert-OH is 1. The Hall–Kier alpha value is -1.26. The van der Waals surface area contributed by atoms with Crippen LogP contribution in [-0.4, -0.2) is 30.3 Å². The summed E-state index contributed by atoms with van der Waals surface area (Å²) in [6, 6.07) is 5.18. The van der Waals surface area contributed by atoms with Crippen LogP contribution in [0.1, 0.15) is 18.9 Å². The van der Waals surface area contributed by atoms with E-state index in [-0.39, 0.29) is 25.2 Å². The minimum atomic E-state index is -0.203. The van der Waals surface area contributed by atoms with Gasteiger partial charge in [-0.1, -0.05) is 11.6 Å². The van der Waals surface area contributed by atoms with Gasteiger partial charge in [0.2, 0.25) is 0 Å². The largest absolute Gasteiger partial charge is 0.484 e. The Morgan fingerprint density at radius 1 is 1.56 bits per heavy atom. The fourth-order valence-electron chi connectivity index (χ4n) is 1.50. The van der Waals surface area contributed by atoms with E-state index in [1.54, 1.807) is 18.2 Å². The Morgan fingerprint density at radius 2 is 2.28 bits per heavy atom. The second-order valence-corrected chi connectivity index (χ2v) is 4.62.